The minimum absolute atomic E-state index is 0.252. The first-order valence-corrected chi connectivity index (χ1v) is 4.82. The first kappa shape index (κ1) is 9.77. The zero-order valence-corrected chi connectivity index (χ0v) is 8.47. The molecule has 0 aliphatic carbocycles. The van der Waals surface area contributed by atoms with Crippen LogP contribution in [0.4, 0.5) is 0 Å². The average Bonchev–Trinajstić information content (AvgIpc) is 2.62. The Morgan fingerprint density at radius 2 is 2.33 bits per heavy atom. The summed E-state index contributed by atoms with van der Waals surface area (Å²) in [7, 11) is 0. The number of cyclic esters (lactones) is 1. The largest absolute Gasteiger partial charge is 0.489 e. The van der Waals surface area contributed by atoms with Crippen LogP contribution in [0, 0.1) is 6.92 Å². The van der Waals surface area contributed by atoms with Crippen LogP contribution in [0.3, 0.4) is 0 Å². The number of ether oxygens (including phenoxy) is 2. The van der Waals surface area contributed by atoms with Crippen molar-refractivity contribution < 1.29 is 14.3 Å². The fourth-order valence-corrected chi connectivity index (χ4v) is 1.39. The molecule has 1 atom stereocenters. The summed E-state index contributed by atoms with van der Waals surface area (Å²) >= 11 is 0. The molecule has 0 spiro atoms. The molecule has 3 heteroatoms. The fourth-order valence-electron chi connectivity index (χ4n) is 1.39. The van der Waals surface area contributed by atoms with Gasteiger partial charge in [0.05, 0.1) is 0 Å². The van der Waals surface area contributed by atoms with Crippen LogP contribution in [-0.2, 0) is 9.53 Å². The Bertz CT molecular complexity index is 396. The minimum atomic E-state index is -0.298. The SMILES string of the molecule is Cc1cccc(OCC2C=CC(=O)O2)c1. The first-order valence-electron chi connectivity index (χ1n) is 4.82. The molecule has 0 amide bonds. The van der Waals surface area contributed by atoms with Crippen LogP contribution in [-0.4, -0.2) is 18.7 Å². The normalized spacial score (nSPS) is 19.0. The lowest BCUT2D eigenvalue weighted by Crippen LogP contribution is -2.17. The second kappa shape index (κ2) is 4.17. The highest BCUT2D eigenvalue weighted by molar-refractivity contribution is 5.84. The topological polar surface area (TPSA) is 35.5 Å². The summed E-state index contributed by atoms with van der Waals surface area (Å²) in [6, 6.07) is 7.76. The number of carbonyl (C=O) groups excluding carboxylic acids is 1. The molecule has 0 radical (unpaired) electrons. The molecule has 1 heterocycles. The molecular formula is C12H12O3. The number of hydrogen-bond donors (Lipinski definition) is 0. The summed E-state index contributed by atoms with van der Waals surface area (Å²) in [6.07, 6.45) is 2.88. The van der Waals surface area contributed by atoms with Crippen LogP contribution in [0.1, 0.15) is 5.56 Å². The maximum absolute atomic E-state index is 10.8. The fraction of sp³-hybridized carbons (Fsp3) is 0.250. The molecule has 0 saturated carbocycles. The van der Waals surface area contributed by atoms with Crippen LogP contribution < -0.4 is 4.74 Å². The first-order chi connectivity index (χ1) is 7.24. The Labute approximate surface area is 88.3 Å². The number of benzene rings is 1. The summed E-state index contributed by atoms with van der Waals surface area (Å²) in [5.41, 5.74) is 1.14. The van der Waals surface area contributed by atoms with Crippen molar-refractivity contribution in [2.24, 2.45) is 0 Å². The van der Waals surface area contributed by atoms with E-state index in [9.17, 15) is 4.79 Å². The standard InChI is InChI=1S/C12H12O3/c1-9-3-2-4-10(7-9)14-8-11-5-6-12(13)15-11/h2-7,11H,8H2,1H3. The molecule has 0 saturated heterocycles. The van der Waals surface area contributed by atoms with Crippen LogP contribution >= 0.6 is 0 Å². The van der Waals surface area contributed by atoms with Gasteiger partial charge in [0, 0.05) is 6.08 Å². The number of rotatable bonds is 3. The second-order valence-corrected chi connectivity index (χ2v) is 3.46. The molecule has 3 nitrogen and oxygen atoms in total. The number of aryl methyl sites for hydroxylation is 1. The monoisotopic (exact) mass is 204 g/mol. The summed E-state index contributed by atoms with van der Waals surface area (Å²) in [4.78, 5) is 10.8. The maximum Gasteiger partial charge on any atom is 0.331 e. The van der Waals surface area contributed by atoms with Crippen molar-refractivity contribution in [3.8, 4) is 5.75 Å². The lowest BCUT2D eigenvalue weighted by Gasteiger charge is -2.10. The van der Waals surface area contributed by atoms with Crippen LogP contribution in [0.5, 0.6) is 5.75 Å². The van der Waals surface area contributed by atoms with Gasteiger partial charge in [-0.15, -0.1) is 0 Å². The third kappa shape index (κ3) is 2.59. The summed E-state index contributed by atoms with van der Waals surface area (Å²) in [5, 5.41) is 0. The van der Waals surface area contributed by atoms with E-state index in [2.05, 4.69) is 0 Å². The Morgan fingerprint density at radius 3 is 3.00 bits per heavy atom. The van der Waals surface area contributed by atoms with Gasteiger partial charge in [-0.25, -0.2) is 4.79 Å². The van der Waals surface area contributed by atoms with E-state index in [0.29, 0.717) is 6.61 Å². The summed E-state index contributed by atoms with van der Waals surface area (Å²) in [5.74, 6) is 0.499. The number of hydrogen-bond acceptors (Lipinski definition) is 3. The van der Waals surface area contributed by atoms with Gasteiger partial charge in [0.2, 0.25) is 0 Å². The van der Waals surface area contributed by atoms with Crippen LogP contribution in [0.15, 0.2) is 36.4 Å². The molecule has 1 aliphatic heterocycles. The Morgan fingerprint density at radius 1 is 1.47 bits per heavy atom. The molecule has 0 aromatic heterocycles. The van der Waals surface area contributed by atoms with Gasteiger partial charge >= 0.3 is 5.97 Å². The van der Waals surface area contributed by atoms with Gasteiger partial charge in [0.15, 0.2) is 6.10 Å². The van der Waals surface area contributed by atoms with Crippen molar-refractivity contribution in [2.45, 2.75) is 13.0 Å². The van der Waals surface area contributed by atoms with E-state index in [1.165, 1.54) is 6.08 Å². The van der Waals surface area contributed by atoms with Crippen molar-refractivity contribution in [1.82, 2.24) is 0 Å². The van der Waals surface area contributed by atoms with E-state index in [-0.39, 0.29) is 12.1 Å². The molecule has 1 unspecified atom stereocenters. The van der Waals surface area contributed by atoms with Crippen molar-refractivity contribution in [1.29, 1.82) is 0 Å². The Balaban J connectivity index is 1.88. The molecule has 78 valence electrons. The van der Waals surface area contributed by atoms with E-state index < -0.39 is 0 Å². The smallest absolute Gasteiger partial charge is 0.331 e. The highest BCUT2D eigenvalue weighted by Crippen LogP contribution is 2.14. The van der Waals surface area contributed by atoms with E-state index >= 15 is 0 Å². The number of esters is 1. The van der Waals surface area contributed by atoms with Gasteiger partial charge in [-0.2, -0.15) is 0 Å². The third-order valence-electron chi connectivity index (χ3n) is 2.12. The van der Waals surface area contributed by atoms with Crippen molar-refractivity contribution in [2.75, 3.05) is 6.61 Å². The van der Waals surface area contributed by atoms with Crippen LogP contribution in [0.25, 0.3) is 0 Å². The molecular weight excluding hydrogens is 192 g/mol. The predicted octanol–water partition coefficient (Wildman–Crippen LogP) is 1.86. The van der Waals surface area contributed by atoms with Gasteiger partial charge < -0.3 is 9.47 Å². The lowest BCUT2D eigenvalue weighted by atomic mass is 10.2. The quantitative estimate of drug-likeness (QED) is 0.705. The van der Waals surface area contributed by atoms with Gasteiger partial charge in [0.1, 0.15) is 12.4 Å². The third-order valence-corrected chi connectivity index (χ3v) is 2.12. The van der Waals surface area contributed by atoms with Crippen LogP contribution in [0.2, 0.25) is 0 Å². The molecule has 0 fully saturated rings. The zero-order chi connectivity index (χ0) is 10.7. The molecule has 1 aliphatic rings. The summed E-state index contributed by atoms with van der Waals surface area (Å²) < 4.78 is 10.4. The zero-order valence-electron chi connectivity index (χ0n) is 8.47. The van der Waals surface area contributed by atoms with Crippen molar-refractivity contribution in [3.05, 3.63) is 42.0 Å². The Hall–Kier alpha value is -1.77. The van der Waals surface area contributed by atoms with Gasteiger partial charge in [-0.3, -0.25) is 0 Å². The minimum Gasteiger partial charge on any atom is -0.489 e. The predicted molar refractivity (Wildman–Crippen MR) is 55.7 cm³/mol. The number of carbonyl (C=O) groups is 1. The van der Waals surface area contributed by atoms with Crippen molar-refractivity contribution >= 4 is 5.97 Å². The second-order valence-electron chi connectivity index (χ2n) is 3.46. The van der Waals surface area contributed by atoms with E-state index in [4.69, 9.17) is 9.47 Å². The molecule has 1 aromatic carbocycles. The molecule has 1 aromatic rings. The van der Waals surface area contributed by atoms with Gasteiger partial charge in [-0.05, 0) is 30.7 Å². The molecule has 15 heavy (non-hydrogen) atoms. The maximum atomic E-state index is 10.8. The van der Waals surface area contributed by atoms with Gasteiger partial charge in [-0.1, -0.05) is 12.1 Å². The average molecular weight is 204 g/mol. The Kier molecular flexibility index (Phi) is 2.72. The molecule has 0 bridgehead atoms. The highest BCUT2D eigenvalue weighted by atomic mass is 16.6. The van der Waals surface area contributed by atoms with E-state index in [1.807, 2.05) is 31.2 Å². The van der Waals surface area contributed by atoms with E-state index in [0.717, 1.165) is 11.3 Å². The summed E-state index contributed by atoms with van der Waals surface area (Å²) in [6.45, 7) is 2.37. The molecule has 2 rings (SSSR count). The van der Waals surface area contributed by atoms with Gasteiger partial charge in [0.25, 0.3) is 0 Å². The highest BCUT2D eigenvalue weighted by Gasteiger charge is 2.16. The lowest BCUT2D eigenvalue weighted by molar-refractivity contribution is -0.139. The van der Waals surface area contributed by atoms with E-state index in [1.54, 1.807) is 6.08 Å². The molecule has 0 N–H and O–H groups in total. The van der Waals surface area contributed by atoms with Crippen molar-refractivity contribution in [3.63, 3.8) is 0 Å².